The minimum absolute atomic E-state index is 0.0462. The molecule has 1 aromatic carbocycles. The number of hydrogen-bond donors (Lipinski definition) is 5. The Kier molecular flexibility index (Phi) is 4.24. The maximum absolute atomic E-state index is 12.2. The van der Waals surface area contributed by atoms with Crippen LogP contribution < -0.4 is 16.4 Å². The standard InChI is InChI=1S/C12H12N4O7/c1-4-6(16(22)23)2-5-9(15-12(21)11(20)14-5)8(4)10(19)13-3-7(17)18/h2,7,17-18H,3H2,1H3,(H,13,19)(H,14,20)(H,15,21). The number of benzene rings is 1. The van der Waals surface area contributed by atoms with E-state index in [-0.39, 0.29) is 22.2 Å². The normalized spacial score (nSPS) is 11.0. The first-order valence-electron chi connectivity index (χ1n) is 6.31. The Bertz CT molecular complexity index is 912. The van der Waals surface area contributed by atoms with E-state index in [0.717, 1.165) is 6.07 Å². The van der Waals surface area contributed by atoms with E-state index >= 15 is 0 Å². The highest BCUT2D eigenvalue weighted by atomic mass is 16.6. The van der Waals surface area contributed by atoms with E-state index in [1.165, 1.54) is 6.92 Å². The van der Waals surface area contributed by atoms with Gasteiger partial charge in [0.1, 0.15) is 0 Å². The van der Waals surface area contributed by atoms with Crippen LogP contribution in [0.5, 0.6) is 0 Å². The summed E-state index contributed by atoms with van der Waals surface area (Å²) in [5.41, 5.74) is -2.97. The van der Waals surface area contributed by atoms with Crippen LogP contribution in [0.25, 0.3) is 11.0 Å². The summed E-state index contributed by atoms with van der Waals surface area (Å²) < 4.78 is 0. The second-order valence-electron chi connectivity index (χ2n) is 4.67. The quantitative estimate of drug-likeness (QED) is 0.196. The largest absolute Gasteiger partial charge is 0.367 e. The van der Waals surface area contributed by atoms with Gasteiger partial charge in [0.15, 0.2) is 6.29 Å². The van der Waals surface area contributed by atoms with Gasteiger partial charge < -0.3 is 25.5 Å². The van der Waals surface area contributed by atoms with Gasteiger partial charge in [-0.1, -0.05) is 0 Å². The monoisotopic (exact) mass is 324 g/mol. The highest BCUT2D eigenvalue weighted by Gasteiger charge is 2.24. The fourth-order valence-corrected chi connectivity index (χ4v) is 2.09. The lowest BCUT2D eigenvalue weighted by atomic mass is 10.0. The third-order valence-corrected chi connectivity index (χ3v) is 3.12. The summed E-state index contributed by atoms with van der Waals surface area (Å²) >= 11 is 0. The molecule has 1 aromatic heterocycles. The van der Waals surface area contributed by atoms with E-state index in [9.17, 15) is 24.5 Å². The lowest BCUT2D eigenvalue weighted by Gasteiger charge is -2.11. The van der Waals surface area contributed by atoms with Gasteiger partial charge in [-0.2, -0.15) is 0 Å². The molecule has 0 aliphatic heterocycles. The van der Waals surface area contributed by atoms with Crippen molar-refractivity contribution in [2.45, 2.75) is 13.2 Å². The molecule has 122 valence electrons. The molecule has 11 heteroatoms. The summed E-state index contributed by atoms with van der Waals surface area (Å²) in [5.74, 6) is -0.869. The van der Waals surface area contributed by atoms with E-state index < -0.39 is 40.5 Å². The van der Waals surface area contributed by atoms with E-state index in [0.29, 0.717) is 0 Å². The number of aliphatic hydroxyl groups is 2. The van der Waals surface area contributed by atoms with E-state index in [4.69, 9.17) is 10.2 Å². The van der Waals surface area contributed by atoms with Crippen LogP contribution in [0, 0.1) is 17.0 Å². The molecule has 0 aliphatic carbocycles. The zero-order valence-corrected chi connectivity index (χ0v) is 11.7. The van der Waals surface area contributed by atoms with Crippen molar-refractivity contribution in [1.29, 1.82) is 0 Å². The molecule has 5 N–H and O–H groups in total. The highest BCUT2D eigenvalue weighted by Crippen LogP contribution is 2.27. The van der Waals surface area contributed by atoms with Crippen molar-refractivity contribution in [1.82, 2.24) is 15.3 Å². The Morgan fingerprint density at radius 2 is 1.96 bits per heavy atom. The molecule has 0 spiro atoms. The zero-order chi connectivity index (χ0) is 17.3. The molecular formula is C12H12N4O7. The number of H-pyrrole nitrogens is 2. The van der Waals surface area contributed by atoms with E-state index in [1.54, 1.807) is 0 Å². The molecule has 11 nitrogen and oxygen atoms in total. The number of aliphatic hydroxyl groups excluding tert-OH is 1. The zero-order valence-electron chi connectivity index (χ0n) is 11.7. The number of amides is 1. The molecule has 0 atom stereocenters. The molecule has 0 fully saturated rings. The van der Waals surface area contributed by atoms with E-state index in [2.05, 4.69) is 15.3 Å². The molecule has 23 heavy (non-hydrogen) atoms. The molecular weight excluding hydrogens is 312 g/mol. The smallest absolute Gasteiger partial charge is 0.314 e. The number of aromatic nitrogens is 2. The molecule has 0 saturated carbocycles. The lowest BCUT2D eigenvalue weighted by Crippen LogP contribution is -2.34. The summed E-state index contributed by atoms with van der Waals surface area (Å²) in [6, 6.07) is 1.03. The summed E-state index contributed by atoms with van der Waals surface area (Å²) in [6.07, 6.45) is -1.82. The molecule has 1 heterocycles. The second kappa shape index (κ2) is 5.98. The van der Waals surface area contributed by atoms with Gasteiger partial charge in [0.2, 0.25) is 0 Å². The van der Waals surface area contributed by atoms with Crippen LogP contribution >= 0.6 is 0 Å². The second-order valence-corrected chi connectivity index (χ2v) is 4.67. The van der Waals surface area contributed by atoms with Crippen molar-refractivity contribution in [3.63, 3.8) is 0 Å². The van der Waals surface area contributed by atoms with Gasteiger partial charge in [-0.15, -0.1) is 0 Å². The number of hydrogen-bond acceptors (Lipinski definition) is 7. The number of nitro groups is 1. The Morgan fingerprint density at radius 1 is 1.35 bits per heavy atom. The summed E-state index contributed by atoms with van der Waals surface area (Å²) in [5, 5.41) is 30.8. The third-order valence-electron chi connectivity index (χ3n) is 3.12. The first-order chi connectivity index (χ1) is 10.7. The van der Waals surface area contributed by atoms with Crippen molar-refractivity contribution in [2.75, 3.05) is 6.54 Å². The molecule has 0 bridgehead atoms. The van der Waals surface area contributed by atoms with Crippen molar-refractivity contribution >= 4 is 22.6 Å². The first-order valence-corrected chi connectivity index (χ1v) is 6.31. The topological polar surface area (TPSA) is 178 Å². The van der Waals surface area contributed by atoms with Crippen LogP contribution in [0.4, 0.5) is 5.69 Å². The minimum Gasteiger partial charge on any atom is -0.367 e. The van der Waals surface area contributed by atoms with Gasteiger partial charge in [-0.3, -0.25) is 24.5 Å². The number of aromatic amines is 2. The predicted molar refractivity (Wildman–Crippen MR) is 77.1 cm³/mol. The fraction of sp³-hybridized carbons (Fsp3) is 0.250. The molecule has 2 aromatic rings. The number of carbonyl (C=O) groups excluding carboxylic acids is 1. The fourth-order valence-electron chi connectivity index (χ4n) is 2.09. The number of nitro benzene ring substituents is 1. The molecule has 0 saturated heterocycles. The maximum atomic E-state index is 12.2. The maximum Gasteiger partial charge on any atom is 0.314 e. The van der Waals surface area contributed by atoms with Gasteiger partial charge in [-0.05, 0) is 6.92 Å². The first kappa shape index (κ1) is 16.3. The predicted octanol–water partition coefficient (Wildman–Crippen LogP) is -1.53. The van der Waals surface area contributed by atoms with Crippen LogP contribution in [-0.4, -0.2) is 43.8 Å². The molecule has 0 radical (unpaired) electrons. The lowest BCUT2D eigenvalue weighted by molar-refractivity contribution is -0.385. The van der Waals surface area contributed by atoms with Crippen LogP contribution in [0.2, 0.25) is 0 Å². The van der Waals surface area contributed by atoms with Crippen LogP contribution in [0.15, 0.2) is 15.7 Å². The van der Waals surface area contributed by atoms with E-state index in [1.807, 2.05) is 0 Å². The van der Waals surface area contributed by atoms with Gasteiger partial charge >= 0.3 is 11.1 Å². The number of nitrogens with one attached hydrogen (secondary N) is 3. The Balaban J connectivity index is 2.78. The van der Waals surface area contributed by atoms with Gasteiger partial charge in [0.05, 0.1) is 28.1 Å². The average molecular weight is 324 g/mol. The summed E-state index contributed by atoms with van der Waals surface area (Å²) in [7, 11) is 0. The highest BCUT2D eigenvalue weighted by molar-refractivity contribution is 6.07. The Hall–Kier alpha value is -3.05. The van der Waals surface area contributed by atoms with Crippen LogP contribution in [0.3, 0.4) is 0 Å². The average Bonchev–Trinajstić information content (AvgIpc) is 2.46. The van der Waals surface area contributed by atoms with Crippen LogP contribution in [0.1, 0.15) is 15.9 Å². The van der Waals surface area contributed by atoms with Crippen molar-refractivity contribution in [3.05, 3.63) is 48.0 Å². The molecule has 1 amide bonds. The Labute approximate surface area is 126 Å². The summed E-state index contributed by atoms with van der Waals surface area (Å²) in [4.78, 5) is 49.7. The molecule has 0 unspecified atom stereocenters. The molecule has 2 rings (SSSR count). The van der Waals surface area contributed by atoms with Gasteiger partial charge in [0.25, 0.3) is 11.6 Å². The summed E-state index contributed by atoms with van der Waals surface area (Å²) in [6.45, 7) is 0.779. The Morgan fingerprint density at radius 3 is 2.52 bits per heavy atom. The number of nitrogens with zero attached hydrogens (tertiary/aromatic N) is 1. The van der Waals surface area contributed by atoms with Gasteiger partial charge in [-0.25, -0.2) is 0 Å². The van der Waals surface area contributed by atoms with Crippen LogP contribution in [-0.2, 0) is 0 Å². The number of fused-ring (bicyclic) bond motifs is 1. The van der Waals surface area contributed by atoms with Crippen molar-refractivity contribution in [3.8, 4) is 0 Å². The number of carbonyl (C=O) groups is 1. The van der Waals surface area contributed by atoms with Gasteiger partial charge in [0, 0.05) is 11.6 Å². The third kappa shape index (κ3) is 3.09. The van der Waals surface area contributed by atoms with Crippen molar-refractivity contribution in [2.24, 2.45) is 0 Å². The van der Waals surface area contributed by atoms with Crippen molar-refractivity contribution < 1.29 is 19.9 Å². The number of rotatable bonds is 4. The molecule has 0 aliphatic rings. The SMILES string of the molecule is Cc1c([N+](=O)[O-])cc2[nH]c(=O)c(=O)[nH]c2c1C(=O)NCC(O)O. The minimum atomic E-state index is -1.82.